The van der Waals surface area contributed by atoms with Gasteiger partial charge in [-0.15, -0.1) is 12.4 Å². The number of nitrogens with two attached hydrogens (primary N) is 1. The lowest BCUT2D eigenvalue weighted by Crippen LogP contribution is -2.36. The molecule has 2 atom stereocenters. The maximum absolute atomic E-state index is 12.3. The van der Waals surface area contributed by atoms with Gasteiger partial charge in [0.15, 0.2) is 0 Å². The maximum atomic E-state index is 12.3. The van der Waals surface area contributed by atoms with Gasteiger partial charge in [0.2, 0.25) is 5.91 Å². The zero-order valence-corrected chi connectivity index (χ0v) is 14.9. The van der Waals surface area contributed by atoms with Crippen LogP contribution in [-0.4, -0.2) is 19.6 Å². The van der Waals surface area contributed by atoms with Crippen molar-refractivity contribution in [2.45, 2.75) is 19.4 Å². The van der Waals surface area contributed by atoms with Crippen LogP contribution in [0.4, 0.5) is 0 Å². The van der Waals surface area contributed by atoms with Gasteiger partial charge in [0.1, 0.15) is 5.75 Å². The molecule has 0 spiro atoms. The number of para-hydroxylation sites is 1. The first kappa shape index (κ1) is 20.0. The van der Waals surface area contributed by atoms with Crippen molar-refractivity contribution in [3.63, 3.8) is 0 Å². The normalized spacial score (nSPS) is 12.6. The van der Waals surface area contributed by atoms with E-state index in [0.29, 0.717) is 6.54 Å². The smallest absolute Gasteiger partial charge is 0.224 e. The molecule has 0 heterocycles. The SMILES string of the molecule is COc1ccccc1CCNC(=O)C(C)C(N)c1ccccc1.Cl. The van der Waals surface area contributed by atoms with Crippen LogP contribution in [0.1, 0.15) is 24.1 Å². The van der Waals surface area contributed by atoms with E-state index in [4.69, 9.17) is 10.5 Å². The monoisotopic (exact) mass is 348 g/mol. The lowest BCUT2D eigenvalue weighted by Gasteiger charge is -2.20. The topological polar surface area (TPSA) is 64.3 Å². The molecule has 2 rings (SSSR count). The number of benzene rings is 2. The van der Waals surface area contributed by atoms with E-state index >= 15 is 0 Å². The molecule has 4 nitrogen and oxygen atoms in total. The fraction of sp³-hybridized carbons (Fsp3) is 0.316. The number of methoxy groups -OCH3 is 1. The van der Waals surface area contributed by atoms with Crippen LogP contribution < -0.4 is 15.8 Å². The largest absolute Gasteiger partial charge is 0.496 e. The van der Waals surface area contributed by atoms with Gasteiger partial charge >= 0.3 is 0 Å². The summed E-state index contributed by atoms with van der Waals surface area (Å²) in [7, 11) is 1.65. The molecule has 130 valence electrons. The predicted molar refractivity (Wildman–Crippen MR) is 99.5 cm³/mol. The minimum absolute atomic E-state index is 0. The predicted octanol–water partition coefficient (Wildman–Crippen LogP) is 3.11. The molecule has 2 unspecified atom stereocenters. The van der Waals surface area contributed by atoms with Crippen LogP contribution in [0.15, 0.2) is 54.6 Å². The molecule has 24 heavy (non-hydrogen) atoms. The highest BCUT2D eigenvalue weighted by molar-refractivity contribution is 5.85. The van der Waals surface area contributed by atoms with Crippen LogP contribution >= 0.6 is 12.4 Å². The number of amides is 1. The van der Waals surface area contributed by atoms with Crippen LogP contribution in [-0.2, 0) is 11.2 Å². The Balaban J connectivity index is 0.00000288. The number of rotatable bonds is 7. The summed E-state index contributed by atoms with van der Waals surface area (Å²) in [6, 6.07) is 17.2. The Morgan fingerprint density at radius 1 is 1.12 bits per heavy atom. The molecule has 1 amide bonds. The molecule has 0 saturated heterocycles. The van der Waals surface area contributed by atoms with Gasteiger partial charge in [0, 0.05) is 12.6 Å². The number of carbonyl (C=O) groups is 1. The second-order valence-corrected chi connectivity index (χ2v) is 5.58. The summed E-state index contributed by atoms with van der Waals surface area (Å²) in [6.45, 7) is 2.42. The van der Waals surface area contributed by atoms with Crippen LogP contribution in [0.25, 0.3) is 0 Å². The number of hydrogen-bond acceptors (Lipinski definition) is 3. The minimum Gasteiger partial charge on any atom is -0.496 e. The molecule has 2 aromatic rings. The summed E-state index contributed by atoms with van der Waals surface area (Å²) in [4.78, 5) is 12.3. The zero-order valence-electron chi connectivity index (χ0n) is 14.1. The third-order valence-corrected chi connectivity index (χ3v) is 4.02. The van der Waals surface area contributed by atoms with Gasteiger partial charge in [-0.2, -0.15) is 0 Å². The van der Waals surface area contributed by atoms with Crippen molar-refractivity contribution >= 4 is 18.3 Å². The second-order valence-electron chi connectivity index (χ2n) is 5.58. The third kappa shape index (κ3) is 5.25. The molecule has 0 aliphatic carbocycles. The average molecular weight is 349 g/mol. The summed E-state index contributed by atoms with van der Waals surface area (Å²) in [6.07, 6.45) is 0.725. The lowest BCUT2D eigenvalue weighted by molar-refractivity contribution is -0.125. The summed E-state index contributed by atoms with van der Waals surface area (Å²) in [5, 5.41) is 2.96. The Labute approximate surface area is 149 Å². The van der Waals surface area contributed by atoms with Crippen molar-refractivity contribution in [2.75, 3.05) is 13.7 Å². The highest BCUT2D eigenvalue weighted by atomic mass is 35.5. The van der Waals surface area contributed by atoms with Gasteiger partial charge in [0.25, 0.3) is 0 Å². The van der Waals surface area contributed by atoms with Gasteiger partial charge in [-0.1, -0.05) is 55.5 Å². The molecule has 0 aromatic heterocycles. The Kier molecular flexibility index (Phi) is 8.30. The minimum atomic E-state index is -0.303. The molecular formula is C19H25ClN2O2. The first-order chi connectivity index (χ1) is 11.1. The van der Waals surface area contributed by atoms with Gasteiger partial charge < -0.3 is 15.8 Å². The molecule has 0 radical (unpaired) electrons. The Bertz CT molecular complexity index is 634. The van der Waals surface area contributed by atoms with E-state index in [1.165, 1.54) is 0 Å². The van der Waals surface area contributed by atoms with Gasteiger partial charge in [-0.25, -0.2) is 0 Å². The number of ether oxygens (including phenoxy) is 1. The molecular weight excluding hydrogens is 324 g/mol. The zero-order chi connectivity index (χ0) is 16.7. The Hall–Kier alpha value is -2.04. The standard InChI is InChI=1S/C19H24N2O2.ClH/c1-14(18(20)16-9-4-3-5-10-16)19(22)21-13-12-15-8-6-7-11-17(15)23-2;/h3-11,14,18H,12-13,20H2,1-2H3,(H,21,22);1H. The fourth-order valence-corrected chi connectivity index (χ4v) is 2.52. The first-order valence-corrected chi connectivity index (χ1v) is 7.83. The van der Waals surface area contributed by atoms with E-state index in [2.05, 4.69) is 5.32 Å². The number of halogens is 1. The van der Waals surface area contributed by atoms with E-state index in [9.17, 15) is 4.79 Å². The Morgan fingerprint density at radius 2 is 1.75 bits per heavy atom. The van der Waals surface area contributed by atoms with Crippen LogP contribution in [0.2, 0.25) is 0 Å². The molecule has 0 aliphatic rings. The van der Waals surface area contributed by atoms with Crippen LogP contribution in [0, 0.1) is 5.92 Å². The lowest BCUT2D eigenvalue weighted by atomic mass is 9.94. The van der Waals surface area contributed by atoms with Crippen molar-refractivity contribution in [1.82, 2.24) is 5.32 Å². The van der Waals surface area contributed by atoms with Crippen LogP contribution in [0.3, 0.4) is 0 Å². The molecule has 0 saturated carbocycles. The van der Waals surface area contributed by atoms with Crippen molar-refractivity contribution in [3.8, 4) is 5.75 Å². The number of hydrogen-bond donors (Lipinski definition) is 2. The number of nitrogens with one attached hydrogen (secondary N) is 1. The van der Waals surface area contributed by atoms with Crippen molar-refractivity contribution in [3.05, 3.63) is 65.7 Å². The van der Waals surface area contributed by atoms with Crippen molar-refractivity contribution in [1.29, 1.82) is 0 Å². The molecule has 0 aliphatic heterocycles. The highest BCUT2D eigenvalue weighted by Crippen LogP contribution is 2.20. The van der Waals surface area contributed by atoms with E-state index in [1.54, 1.807) is 7.11 Å². The van der Waals surface area contributed by atoms with Crippen molar-refractivity contribution < 1.29 is 9.53 Å². The molecule has 2 aromatic carbocycles. The molecule has 5 heteroatoms. The summed E-state index contributed by atoms with van der Waals surface area (Å²) in [5.41, 5.74) is 8.24. The van der Waals surface area contributed by atoms with Crippen molar-refractivity contribution in [2.24, 2.45) is 11.7 Å². The van der Waals surface area contributed by atoms with E-state index < -0.39 is 0 Å². The Morgan fingerprint density at radius 3 is 2.42 bits per heavy atom. The molecule has 3 N–H and O–H groups in total. The van der Waals surface area contributed by atoms with E-state index in [0.717, 1.165) is 23.3 Å². The highest BCUT2D eigenvalue weighted by Gasteiger charge is 2.21. The summed E-state index contributed by atoms with van der Waals surface area (Å²) >= 11 is 0. The number of carbonyl (C=O) groups excluding carboxylic acids is 1. The molecule has 0 fully saturated rings. The van der Waals surface area contributed by atoms with E-state index in [-0.39, 0.29) is 30.3 Å². The van der Waals surface area contributed by atoms with E-state index in [1.807, 2.05) is 61.5 Å². The third-order valence-electron chi connectivity index (χ3n) is 4.02. The molecule has 0 bridgehead atoms. The maximum Gasteiger partial charge on any atom is 0.224 e. The quantitative estimate of drug-likeness (QED) is 0.808. The first-order valence-electron chi connectivity index (χ1n) is 7.83. The second kappa shape index (κ2) is 9.96. The summed E-state index contributed by atoms with van der Waals surface area (Å²) in [5.74, 6) is 0.530. The van der Waals surface area contributed by atoms with Gasteiger partial charge in [0.05, 0.1) is 13.0 Å². The summed E-state index contributed by atoms with van der Waals surface area (Å²) < 4.78 is 5.31. The average Bonchev–Trinajstić information content (AvgIpc) is 2.61. The van der Waals surface area contributed by atoms with Gasteiger partial charge in [-0.3, -0.25) is 4.79 Å². The van der Waals surface area contributed by atoms with Crippen LogP contribution in [0.5, 0.6) is 5.75 Å². The fourth-order valence-electron chi connectivity index (χ4n) is 2.52. The van der Waals surface area contributed by atoms with Gasteiger partial charge in [-0.05, 0) is 23.6 Å².